The maximum Gasteiger partial charge on any atom is 0.244 e. The van der Waals surface area contributed by atoms with E-state index >= 15 is 0 Å². The Kier molecular flexibility index (Phi) is 4.79. The minimum Gasteiger partial charge on any atom is -0.340 e. The molecule has 0 aromatic carbocycles. The third kappa shape index (κ3) is 3.59. The second-order valence-corrected chi connectivity index (χ2v) is 8.59. The Labute approximate surface area is 136 Å². The number of carbonyl (C=O) groups excluding carboxylic acids is 1. The SMILES string of the molecule is CC(C)(C)C(=O)N1CCN(S(=O)(=O)c2ccc(Cl)nc2)CC1. The lowest BCUT2D eigenvalue weighted by atomic mass is 9.94. The predicted octanol–water partition coefficient (Wildman–Crippen LogP) is 1.61. The van der Waals surface area contributed by atoms with Crippen molar-refractivity contribution in [2.45, 2.75) is 25.7 Å². The molecule has 0 unspecified atom stereocenters. The Morgan fingerprint density at radius 1 is 1.18 bits per heavy atom. The van der Waals surface area contributed by atoms with Gasteiger partial charge >= 0.3 is 0 Å². The van der Waals surface area contributed by atoms with Crippen molar-refractivity contribution in [2.24, 2.45) is 5.41 Å². The molecule has 1 aliphatic heterocycles. The van der Waals surface area contributed by atoms with E-state index in [9.17, 15) is 13.2 Å². The second kappa shape index (κ2) is 6.14. The van der Waals surface area contributed by atoms with Gasteiger partial charge in [0.1, 0.15) is 10.0 Å². The molecule has 2 heterocycles. The summed E-state index contributed by atoms with van der Waals surface area (Å²) < 4.78 is 26.4. The number of aromatic nitrogens is 1. The summed E-state index contributed by atoms with van der Waals surface area (Å²) in [7, 11) is -3.59. The summed E-state index contributed by atoms with van der Waals surface area (Å²) in [6.45, 7) is 6.94. The van der Waals surface area contributed by atoms with E-state index in [1.165, 1.54) is 22.6 Å². The molecule has 1 saturated heterocycles. The highest BCUT2D eigenvalue weighted by atomic mass is 35.5. The molecular formula is C14H20ClN3O3S. The van der Waals surface area contributed by atoms with Crippen molar-refractivity contribution >= 4 is 27.5 Å². The van der Waals surface area contributed by atoms with Gasteiger partial charge in [-0.1, -0.05) is 32.4 Å². The molecule has 1 amide bonds. The lowest BCUT2D eigenvalue weighted by Gasteiger charge is -2.37. The van der Waals surface area contributed by atoms with Gasteiger partial charge in [-0.25, -0.2) is 13.4 Å². The van der Waals surface area contributed by atoms with Crippen LogP contribution in [0.5, 0.6) is 0 Å². The third-order valence-corrected chi connectivity index (χ3v) is 5.61. The van der Waals surface area contributed by atoms with Gasteiger partial charge in [0, 0.05) is 37.8 Å². The van der Waals surface area contributed by atoms with Gasteiger partial charge in [-0.2, -0.15) is 4.31 Å². The Balaban J connectivity index is 2.08. The Bertz CT molecular complexity index is 645. The van der Waals surface area contributed by atoms with Crippen LogP contribution >= 0.6 is 11.6 Å². The summed E-state index contributed by atoms with van der Waals surface area (Å²) >= 11 is 5.68. The van der Waals surface area contributed by atoms with E-state index in [4.69, 9.17) is 11.6 Å². The number of pyridine rings is 1. The molecular weight excluding hydrogens is 326 g/mol. The molecule has 1 aliphatic rings. The van der Waals surface area contributed by atoms with Crippen molar-refractivity contribution in [1.29, 1.82) is 0 Å². The molecule has 0 atom stereocenters. The van der Waals surface area contributed by atoms with E-state index in [-0.39, 0.29) is 29.0 Å². The average molecular weight is 346 g/mol. The van der Waals surface area contributed by atoms with E-state index in [0.29, 0.717) is 13.1 Å². The molecule has 0 saturated carbocycles. The van der Waals surface area contributed by atoms with Crippen molar-refractivity contribution in [2.75, 3.05) is 26.2 Å². The standard InChI is InChI=1S/C14H20ClN3O3S/c1-14(2,3)13(19)17-6-8-18(9-7-17)22(20,21)11-4-5-12(15)16-10-11/h4-5,10H,6-9H2,1-3H3. The topological polar surface area (TPSA) is 70.6 Å². The summed E-state index contributed by atoms with van der Waals surface area (Å²) in [5.74, 6) is 0.0395. The maximum absolute atomic E-state index is 12.5. The first-order valence-corrected chi connectivity index (χ1v) is 8.85. The second-order valence-electron chi connectivity index (χ2n) is 6.26. The highest BCUT2D eigenvalue weighted by Gasteiger charge is 2.33. The van der Waals surface area contributed by atoms with E-state index in [2.05, 4.69) is 4.98 Å². The monoisotopic (exact) mass is 345 g/mol. The van der Waals surface area contributed by atoms with E-state index in [1.54, 1.807) is 4.90 Å². The van der Waals surface area contributed by atoms with Crippen molar-refractivity contribution in [3.63, 3.8) is 0 Å². The molecule has 122 valence electrons. The fourth-order valence-electron chi connectivity index (χ4n) is 2.27. The number of hydrogen-bond donors (Lipinski definition) is 0. The highest BCUT2D eigenvalue weighted by molar-refractivity contribution is 7.89. The molecule has 0 radical (unpaired) electrons. The molecule has 0 aliphatic carbocycles. The van der Waals surface area contributed by atoms with Crippen LogP contribution < -0.4 is 0 Å². The highest BCUT2D eigenvalue weighted by Crippen LogP contribution is 2.21. The summed E-state index contributed by atoms with van der Waals surface area (Å²) in [5.41, 5.74) is -0.457. The maximum atomic E-state index is 12.5. The smallest absolute Gasteiger partial charge is 0.244 e. The zero-order chi connectivity index (χ0) is 16.5. The lowest BCUT2D eigenvalue weighted by Crippen LogP contribution is -2.52. The minimum absolute atomic E-state index is 0.0395. The van der Waals surface area contributed by atoms with Crippen LogP contribution in [0, 0.1) is 5.41 Å². The van der Waals surface area contributed by atoms with Gasteiger partial charge in [0.25, 0.3) is 0 Å². The van der Waals surface area contributed by atoms with Crippen LogP contribution in [0.25, 0.3) is 0 Å². The van der Waals surface area contributed by atoms with Gasteiger partial charge < -0.3 is 4.90 Å². The van der Waals surface area contributed by atoms with Crippen molar-refractivity contribution < 1.29 is 13.2 Å². The van der Waals surface area contributed by atoms with Crippen LogP contribution in [-0.4, -0.2) is 54.7 Å². The third-order valence-electron chi connectivity index (χ3n) is 3.51. The van der Waals surface area contributed by atoms with Crippen LogP contribution in [0.15, 0.2) is 23.2 Å². The predicted molar refractivity (Wildman–Crippen MR) is 84.0 cm³/mol. The van der Waals surface area contributed by atoms with Gasteiger partial charge in [0.15, 0.2) is 0 Å². The molecule has 0 spiro atoms. The number of hydrogen-bond acceptors (Lipinski definition) is 4. The molecule has 0 bridgehead atoms. The molecule has 0 N–H and O–H groups in total. The van der Waals surface area contributed by atoms with Crippen LogP contribution in [0.4, 0.5) is 0 Å². The number of nitrogens with zero attached hydrogens (tertiary/aromatic N) is 3. The van der Waals surface area contributed by atoms with Gasteiger partial charge in [0.2, 0.25) is 15.9 Å². The van der Waals surface area contributed by atoms with E-state index < -0.39 is 15.4 Å². The Morgan fingerprint density at radius 2 is 1.77 bits per heavy atom. The zero-order valence-corrected chi connectivity index (χ0v) is 14.5. The fourth-order valence-corrected chi connectivity index (χ4v) is 3.75. The Morgan fingerprint density at radius 3 is 2.23 bits per heavy atom. The first-order valence-electron chi connectivity index (χ1n) is 7.03. The number of rotatable bonds is 2. The summed E-state index contributed by atoms with van der Waals surface area (Å²) in [4.78, 5) is 17.9. The molecule has 8 heteroatoms. The largest absolute Gasteiger partial charge is 0.340 e. The molecule has 2 rings (SSSR count). The van der Waals surface area contributed by atoms with Crippen LogP contribution in [0.1, 0.15) is 20.8 Å². The molecule has 1 aromatic heterocycles. The molecule has 1 fully saturated rings. The first kappa shape index (κ1) is 17.2. The van der Waals surface area contributed by atoms with Gasteiger partial charge in [0.05, 0.1) is 0 Å². The average Bonchev–Trinajstić information content (AvgIpc) is 2.46. The normalized spacial score (nSPS) is 17.5. The van der Waals surface area contributed by atoms with Gasteiger partial charge in [-0.3, -0.25) is 4.79 Å². The van der Waals surface area contributed by atoms with E-state index in [0.717, 1.165) is 0 Å². The number of amides is 1. The molecule has 22 heavy (non-hydrogen) atoms. The fraction of sp³-hybridized carbons (Fsp3) is 0.571. The molecule has 1 aromatic rings. The quantitative estimate of drug-likeness (QED) is 0.763. The first-order chi connectivity index (χ1) is 10.1. The minimum atomic E-state index is -3.59. The summed E-state index contributed by atoms with van der Waals surface area (Å²) in [6.07, 6.45) is 1.25. The number of carbonyl (C=O) groups is 1. The number of halogens is 1. The van der Waals surface area contributed by atoms with Crippen molar-refractivity contribution in [1.82, 2.24) is 14.2 Å². The van der Waals surface area contributed by atoms with Gasteiger partial charge in [-0.15, -0.1) is 0 Å². The summed E-state index contributed by atoms with van der Waals surface area (Å²) in [6, 6.07) is 2.89. The van der Waals surface area contributed by atoms with Crippen molar-refractivity contribution in [3.05, 3.63) is 23.5 Å². The van der Waals surface area contributed by atoms with Crippen molar-refractivity contribution in [3.8, 4) is 0 Å². The number of piperazine rings is 1. The summed E-state index contributed by atoms with van der Waals surface area (Å²) in [5, 5.41) is 0.250. The van der Waals surface area contributed by atoms with E-state index in [1.807, 2.05) is 20.8 Å². The van der Waals surface area contributed by atoms with Crippen LogP contribution in [0.2, 0.25) is 5.15 Å². The van der Waals surface area contributed by atoms with Gasteiger partial charge in [-0.05, 0) is 12.1 Å². The zero-order valence-electron chi connectivity index (χ0n) is 12.9. The van der Waals surface area contributed by atoms with Crippen LogP contribution in [-0.2, 0) is 14.8 Å². The Hall–Kier alpha value is -1.18. The number of sulfonamides is 1. The van der Waals surface area contributed by atoms with Crippen LogP contribution in [0.3, 0.4) is 0 Å². The molecule has 6 nitrogen and oxygen atoms in total. The lowest BCUT2D eigenvalue weighted by molar-refractivity contribution is -0.140.